The summed E-state index contributed by atoms with van der Waals surface area (Å²) in [5.41, 5.74) is 2.59. The number of carbonyl (C=O) groups is 1. The first-order chi connectivity index (χ1) is 13.2. The first kappa shape index (κ1) is 22.6. The monoisotopic (exact) mass is 459 g/mol. The van der Waals surface area contributed by atoms with Crippen LogP contribution in [0, 0.1) is 6.92 Å². The Morgan fingerprint density at radius 1 is 1.11 bits per heavy atom. The van der Waals surface area contributed by atoms with Gasteiger partial charge in [0.05, 0.1) is 19.2 Å². The molecule has 0 spiro atoms. The highest BCUT2D eigenvalue weighted by atomic mass is 35.6. The lowest BCUT2D eigenvalue weighted by Crippen LogP contribution is -2.56. The van der Waals surface area contributed by atoms with Crippen LogP contribution >= 0.6 is 47.0 Å². The number of aryl methyl sites for hydroxylation is 1. The van der Waals surface area contributed by atoms with Gasteiger partial charge in [-0.3, -0.25) is 4.79 Å². The van der Waals surface area contributed by atoms with Crippen LogP contribution in [0.1, 0.15) is 11.1 Å². The molecule has 0 bridgehead atoms. The van der Waals surface area contributed by atoms with Crippen LogP contribution in [0.2, 0.25) is 0 Å². The topological polar surface area (TPSA) is 62.4 Å². The molecule has 0 fully saturated rings. The number of amides is 1. The van der Waals surface area contributed by atoms with Gasteiger partial charge in [-0.25, -0.2) is 0 Å². The molecule has 0 aromatic heterocycles. The third-order valence-electron chi connectivity index (χ3n) is 3.75. The first-order valence-electron chi connectivity index (χ1n) is 8.31. The summed E-state index contributed by atoms with van der Waals surface area (Å²) in [6, 6.07) is 14.8. The van der Waals surface area contributed by atoms with E-state index in [1.54, 1.807) is 19.2 Å². The molecule has 1 amide bonds. The van der Waals surface area contributed by atoms with Crippen LogP contribution in [-0.4, -0.2) is 28.1 Å². The van der Waals surface area contributed by atoms with Gasteiger partial charge in [0.1, 0.15) is 11.9 Å². The van der Waals surface area contributed by atoms with E-state index in [1.807, 2.05) is 43.3 Å². The van der Waals surface area contributed by atoms with E-state index in [0.29, 0.717) is 11.4 Å². The van der Waals surface area contributed by atoms with Crippen molar-refractivity contribution in [2.75, 3.05) is 12.4 Å². The zero-order chi connectivity index (χ0) is 20.7. The van der Waals surface area contributed by atoms with Crippen molar-refractivity contribution in [3.63, 3.8) is 0 Å². The molecule has 1 atom stereocenters. The number of methoxy groups -OCH3 is 1. The van der Waals surface area contributed by atoms with Crippen LogP contribution in [0.25, 0.3) is 0 Å². The van der Waals surface area contributed by atoms with Crippen LogP contribution in [-0.2, 0) is 11.2 Å². The van der Waals surface area contributed by atoms with Crippen LogP contribution < -0.4 is 20.7 Å². The predicted octanol–water partition coefficient (Wildman–Crippen LogP) is 4.35. The number of hydrogen-bond acceptors (Lipinski definition) is 3. The number of rotatable bonds is 6. The van der Waals surface area contributed by atoms with Gasteiger partial charge in [0.15, 0.2) is 5.11 Å². The van der Waals surface area contributed by atoms with Gasteiger partial charge in [0.2, 0.25) is 9.70 Å². The highest BCUT2D eigenvalue weighted by Crippen LogP contribution is 2.29. The zero-order valence-corrected chi connectivity index (χ0v) is 18.3. The minimum Gasteiger partial charge on any atom is -0.495 e. The Hall–Kier alpha value is -1.73. The van der Waals surface area contributed by atoms with E-state index >= 15 is 0 Å². The Morgan fingerprint density at radius 3 is 2.36 bits per heavy atom. The van der Waals surface area contributed by atoms with Gasteiger partial charge in [-0.1, -0.05) is 76.8 Å². The van der Waals surface area contributed by atoms with Gasteiger partial charge in [0.25, 0.3) is 0 Å². The molecule has 1 unspecified atom stereocenters. The molecule has 2 rings (SSSR count). The average molecular weight is 461 g/mol. The van der Waals surface area contributed by atoms with E-state index < -0.39 is 9.96 Å². The van der Waals surface area contributed by atoms with E-state index in [4.69, 9.17) is 51.8 Å². The van der Waals surface area contributed by atoms with Crippen LogP contribution in [0.4, 0.5) is 5.69 Å². The van der Waals surface area contributed by atoms with Gasteiger partial charge >= 0.3 is 0 Å². The highest BCUT2D eigenvalue weighted by Gasteiger charge is 2.34. The second kappa shape index (κ2) is 10.2. The fraction of sp³-hybridized carbons (Fsp3) is 0.263. The van der Waals surface area contributed by atoms with Gasteiger partial charge in [-0.15, -0.1) is 0 Å². The minimum absolute atomic E-state index is 0.145. The normalized spacial score (nSPS) is 12.0. The fourth-order valence-corrected chi connectivity index (χ4v) is 2.90. The number of para-hydroxylation sites is 2. The van der Waals surface area contributed by atoms with Gasteiger partial charge in [-0.2, -0.15) is 0 Å². The molecule has 0 saturated heterocycles. The molecule has 28 heavy (non-hydrogen) atoms. The maximum atomic E-state index is 12.4. The number of nitrogens with one attached hydrogen (secondary N) is 3. The fourth-order valence-electron chi connectivity index (χ4n) is 2.34. The Morgan fingerprint density at radius 2 is 1.75 bits per heavy atom. The largest absolute Gasteiger partial charge is 0.495 e. The summed E-state index contributed by atoms with van der Waals surface area (Å²) in [7, 11) is 1.55. The van der Waals surface area contributed by atoms with Gasteiger partial charge in [-0.05, 0) is 36.8 Å². The molecule has 5 nitrogen and oxygen atoms in total. The molecular formula is C19H20Cl3N3O2S. The highest BCUT2D eigenvalue weighted by molar-refractivity contribution is 7.80. The first-order valence-corrected chi connectivity index (χ1v) is 9.85. The number of anilines is 1. The van der Waals surface area contributed by atoms with Crippen LogP contribution in [0.15, 0.2) is 48.5 Å². The summed E-state index contributed by atoms with van der Waals surface area (Å²) in [6.45, 7) is 1.97. The standard InChI is InChI=1S/C19H20Cl3N3O2S/c1-12-7-9-13(10-8-12)11-16(26)24-17(19(20,21)22)25-18(28)23-14-5-3-4-6-15(14)27-2/h3-10,17H,11H2,1-2H3,(H,24,26)(H2,23,25,28). The second-order valence-corrected chi connectivity index (χ2v) is 8.78. The summed E-state index contributed by atoms with van der Waals surface area (Å²) in [5, 5.41) is 8.60. The molecule has 0 heterocycles. The third kappa shape index (κ3) is 7.02. The SMILES string of the molecule is COc1ccccc1NC(=S)NC(NC(=O)Cc1ccc(C)cc1)C(Cl)(Cl)Cl. The van der Waals surface area contributed by atoms with E-state index in [-0.39, 0.29) is 17.4 Å². The summed E-state index contributed by atoms with van der Waals surface area (Å²) in [4.78, 5) is 12.4. The van der Waals surface area contributed by atoms with E-state index in [0.717, 1.165) is 11.1 Å². The van der Waals surface area contributed by atoms with Crippen LogP contribution in [0.3, 0.4) is 0 Å². The lowest BCUT2D eigenvalue weighted by molar-refractivity contribution is -0.121. The van der Waals surface area contributed by atoms with Crippen molar-refractivity contribution in [2.45, 2.75) is 23.3 Å². The van der Waals surface area contributed by atoms with Crippen molar-refractivity contribution in [1.29, 1.82) is 0 Å². The lowest BCUT2D eigenvalue weighted by atomic mass is 10.1. The minimum atomic E-state index is -1.82. The van der Waals surface area contributed by atoms with Crippen molar-refractivity contribution in [2.24, 2.45) is 0 Å². The number of halogens is 3. The summed E-state index contributed by atoms with van der Waals surface area (Å²) < 4.78 is 3.44. The third-order valence-corrected chi connectivity index (χ3v) is 4.62. The van der Waals surface area contributed by atoms with E-state index in [9.17, 15) is 4.79 Å². The quantitative estimate of drug-likeness (QED) is 0.340. The lowest BCUT2D eigenvalue weighted by Gasteiger charge is -2.28. The molecule has 0 aliphatic rings. The molecule has 0 aliphatic heterocycles. The van der Waals surface area contributed by atoms with Crippen molar-refractivity contribution in [3.05, 3.63) is 59.7 Å². The molecule has 0 aliphatic carbocycles. The van der Waals surface area contributed by atoms with E-state index in [1.165, 1.54) is 0 Å². The number of ether oxygens (including phenoxy) is 1. The molecular weight excluding hydrogens is 441 g/mol. The average Bonchev–Trinajstić information content (AvgIpc) is 2.62. The van der Waals surface area contributed by atoms with Crippen molar-refractivity contribution in [3.8, 4) is 5.75 Å². The molecule has 0 saturated carbocycles. The number of thiocarbonyl (C=S) groups is 1. The number of carbonyl (C=O) groups excluding carboxylic acids is 1. The molecule has 150 valence electrons. The maximum Gasteiger partial charge on any atom is 0.228 e. The van der Waals surface area contributed by atoms with E-state index in [2.05, 4.69) is 16.0 Å². The summed E-state index contributed by atoms with van der Waals surface area (Å²) in [5.74, 6) is 0.285. The Balaban J connectivity index is 2.01. The summed E-state index contributed by atoms with van der Waals surface area (Å²) in [6.07, 6.45) is -0.892. The van der Waals surface area contributed by atoms with Crippen molar-refractivity contribution < 1.29 is 9.53 Å². The maximum absolute atomic E-state index is 12.4. The Bertz CT molecular complexity index is 826. The predicted molar refractivity (Wildman–Crippen MR) is 119 cm³/mol. The Kier molecular flexibility index (Phi) is 8.19. The second-order valence-electron chi connectivity index (χ2n) is 6.00. The zero-order valence-electron chi connectivity index (χ0n) is 15.3. The van der Waals surface area contributed by atoms with Crippen molar-refractivity contribution in [1.82, 2.24) is 10.6 Å². The summed E-state index contributed by atoms with van der Waals surface area (Å²) >= 11 is 23.3. The van der Waals surface area contributed by atoms with Gasteiger partial charge in [0, 0.05) is 0 Å². The van der Waals surface area contributed by atoms with Crippen LogP contribution in [0.5, 0.6) is 5.75 Å². The number of hydrogen-bond donors (Lipinski definition) is 3. The number of benzene rings is 2. The molecule has 2 aromatic rings. The number of alkyl halides is 3. The Labute approximate surface area is 184 Å². The van der Waals surface area contributed by atoms with Gasteiger partial charge < -0.3 is 20.7 Å². The smallest absolute Gasteiger partial charge is 0.228 e. The van der Waals surface area contributed by atoms with Crippen molar-refractivity contribution >= 4 is 63.7 Å². The molecule has 0 radical (unpaired) electrons. The molecule has 9 heteroatoms. The molecule has 3 N–H and O–H groups in total. The molecule has 2 aromatic carbocycles.